The number of nitrogens with one attached hydrogen (secondary N) is 1. The van der Waals surface area contributed by atoms with Crippen LogP contribution in [0, 0.1) is 5.82 Å². The summed E-state index contributed by atoms with van der Waals surface area (Å²) in [6.07, 6.45) is 0. The highest BCUT2D eigenvalue weighted by Crippen LogP contribution is 2.29. The molecule has 6 heteroatoms. The number of anilines is 1. The van der Waals surface area contributed by atoms with Gasteiger partial charge in [-0.1, -0.05) is 30.3 Å². The van der Waals surface area contributed by atoms with Gasteiger partial charge in [0.15, 0.2) is 0 Å². The van der Waals surface area contributed by atoms with Gasteiger partial charge in [-0.05, 0) is 54.1 Å². The van der Waals surface area contributed by atoms with E-state index in [0.29, 0.717) is 11.8 Å². The molecule has 0 radical (unpaired) electrons. The van der Waals surface area contributed by atoms with Crippen LogP contribution in [0.1, 0.15) is 17.5 Å². The Bertz CT molecular complexity index is 1030. The first kappa shape index (κ1) is 17.7. The van der Waals surface area contributed by atoms with Gasteiger partial charge in [0.25, 0.3) is 0 Å². The van der Waals surface area contributed by atoms with Crippen molar-refractivity contribution in [3.63, 3.8) is 0 Å². The lowest BCUT2D eigenvalue weighted by Gasteiger charge is -2.17. The summed E-state index contributed by atoms with van der Waals surface area (Å²) in [7, 11) is 1.62. The molecule has 0 spiro atoms. The third-order valence-electron chi connectivity index (χ3n) is 4.31. The maximum Gasteiger partial charge on any atom is 0.247 e. The second kappa shape index (κ2) is 7.92. The molecule has 0 amide bonds. The third kappa shape index (κ3) is 3.86. The van der Waals surface area contributed by atoms with Crippen molar-refractivity contribution in [3.05, 3.63) is 96.1 Å². The highest BCUT2D eigenvalue weighted by atomic mass is 19.1. The molecule has 0 fully saturated rings. The Morgan fingerprint density at radius 3 is 2.29 bits per heavy atom. The average molecular weight is 375 g/mol. The Morgan fingerprint density at radius 1 is 0.893 bits per heavy atom. The summed E-state index contributed by atoms with van der Waals surface area (Å²) >= 11 is 0. The van der Waals surface area contributed by atoms with Crippen molar-refractivity contribution in [1.82, 2.24) is 10.2 Å². The predicted molar refractivity (Wildman–Crippen MR) is 105 cm³/mol. The number of hydrogen-bond acceptors (Lipinski definition) is 5. The van der Waals surface area contributed by atoms with Crippen LogP contribution in [-0.2, 0) is 0 Å². The molecule has 0 unspecified atom stereocenters. The topological polar surface area (TPSA) is 60.2 Å². The molecule has 28 heavy (non-hydrogen) atoms. The minimum absolute atomic E-state index is 0.303. The molecule has 3 aromatic carbocycles. The van der Waals surface area contributed by atoms with Crippen LogP contribution < -0.4 is 10.1 Å². The normalized spacial score (nSPS) is 11.8. The first-order valence-corrected chi connectivity index (χ1v) is 8.78. The fourth-order valence-corrected chi connectivity index (χ4v) is 2.85. The van der Waals surface area contributed by atoms with Gasteiger partial charge >= 0.3 is 0 Å². The van der Waals surface area contributed by atoms with Crippen LogP contribution in [0.3, 0.4) is 0 Å². The number of rotatable bonds is 6. The van der Waals surface area contributed by atoms with Gasteiger partial charge in [-0.15, -0.1) is 10.2 Å². The molecule has 1 N–H and O–H groups in total. The highest BCUT2D eigenvalue weighted by molar-refractivity contribution is 5.53. The van der Waals surface area contributed by atoms with E-state index in [0.717, 1.165) is 22.6 Å². The molecule has 4 aromatic rings. The SMILES string of the molecule is COc1ccc(N[C@@H](c2ccc(F)cc2)c2nnc(-c3ccccc3)o2)cc1. The van der Waals surface area contributed by atoms with Gasteiger partial charge in [0.1, 0.15) is 17.6 Å². The number of methoxy groups -OCH3 is 1. The van der Waals surface area contributed by atoms with Crippen molar-refractivity contribution >= 4 is 5.69 Å². The van der Waals surface area contributed by atoms with Crippen LogP contribution in [0.25, 0.3) is 11.5 Å². The molecule has 0 aliphatic heterocycles. The second-order valence-electron chi connectivity index (χ2n) is 6.17. The Hall–Kier alpha value is -3.67. The van der Waals surface area contributed by atoms with E-state index >= 15 is 0 Å². The molecule has 5 nitrogen and oxygen atoms in total. The van der Waals surface area contributed by atoms with Crippen LogP contribution in [-0.4, -0.2) is 17.3 Å². The van der Waals surface area contributed by atoms with Crippen molar-refractivity contribution in [1.29, 1.82) is 0 Å². The first-order valence-electron chi connectivity index (χ1n) is 8.78. The Labute approximate surface area is 161 Å². The van der Waals surface area contributed by atoms with E-state index in [-0.39, 0.29) is 5.82 Å². The first-order chi connectivity index (χ1) is 13.7. The molecule has 1 heterocycles. The molecule has 0 saturated carbocycles. The Kier molecular flexibility index (Phi) is 5.01. The maximum absolute atomic E-state index is 13.4. The van der Waals surface area contributed by atoms with Crippen molar-refractivity contribution in [3.8, 4) is 17.2 Å². The van der Waals surface area contributed by atoms with Crippen LogP contribution in [0.15, 0.2) is 83.3 Å². The molecule has 0 aliphatic rings. The number of ether oxygens (including phenoxy) is 1. The number of nitrogens with zero attached hydrogens (tertiary/aromatic N) is 2. The van der Waals surface area contributed by atoms with E-state index in [2.05, 4.69) is 15.5 Å². The lowest BCUT2D eigenvalue weighted by atomic mass is 10.1. The van der Waals surface area contributed by atoms with Crippen LogP contribution in [0.4, 0.5) is 10.1 Å². The molecule has 1 atom stereocenters. The van der Waals surface area contributed by atoms with Crippen molar-refractivity contribution in [2.75, 3.05) is 12.4 Å². The minimum atomic E-state index is -0.432. The van der Waals surface area contributed by atoms with Crippen LogP contribution in [0.2, 0.25) is 0 Å². The monoisotopic (exact) mass is 375 g/mol. The maximum atomic E-state index is 13.4. The van der Waals surface area contributed by atoms with Gasteiger partial charge in [-0.25, -0.2) is 4.39 Å². The van der Waals surface area contributed by atoms with E-state index in [9.17, 15) is 4.39 Å². The summed E-state index contributed by atoms with van der Waals surface area (Å²) < 4.78 is 24.5. The standard InChI is InChI=1S/C22H18FN3O2/c1-27-19-13-11-18(12-14-19)24-20(15-7-9-17(23)10-8-15)22-26-25-21(28-22)16-5-3-2-4-6-16/h2-14,20,24H,1H3/t20-/m0/s1. The lowest BCUT2D eigenvalue weighted by molar-refractivity contribution is 0.415. The fraction of sp³-hybridized carbons (Fsp3) is 0.0909. The fourth-order valence-electron chi connectivity index (χ4n) is 2.85. The molecular formula is C22H18FN3O2. The predicted octanol–water partition coefficient (Wildman–Crippen LogP) is 5.09. The molecule has 140 valence electrons. The van der Waals surface area contributed by atoms with E-state index in [1.165, 1.54) is 12.1 Å². The summed E-state index contributed by atoms with van der Waals surface area (Å²) in [5, 5.41) is 11.8. The zero-order valence-corrected chi connectivity index (χ0v) is 15.2. The summed E-state index contributed by atoms with van der Waals surface area (Å²) in [6.45, 7) is 0. The van der Waals surface area contributed by atoms with Crippen LogP contribution in [0.5, 0.6) is 5.75 Å². The quantitative estimate of drug-likeness (QED) is 0.509. The molecular weight excluding hydrogens is 357 g/mol. The largest absolute Gasteiger partial charge is 0.497 e. The minimum Gasteiger partial charge on any atom is -0.497 e. The summed E-state index contributed by atoms with van der Waals surface area (Å²) in [5.41, 5.74) is 2.48. The molecule has 0 saturated heterocycles. The van der Waals surface area contributed by atoms with E-state index in [1.54, 1.807) is 19.2 Å². The van der Waals surface area contributed by atoms with E-state index in [4.69, 9.17) is 9.15 Å². The number of benzene rings is 3. The van der Waals surface area contributed by atoms with Gasteiger partial charge in [-0.3, -0.25) is 0 Å². The summed E-state index contributed by atoms with van der Waals surface area (Å²) in [4.78, 5) is 0. The van der Waals surface area contributed by atoms with Crippen molar-refractivity contribution < 1.29 is 13.5 Å². The number of aromatic nitrogens is 2. The van der Waals surface area contributed by atoms with Crippen molar-refractivity contribution in [2.24, 2.45) is 0 Å². The van der Waals surface area contributed by atoms with Gasteiger partial charge in [-0.2, -0.15) is 0 Å². The molecule has 0 bridgehead atoms. The van der Waals surface area contributed by atoms with Crippen LogP contribution >= 0.6 is 0 Å². The van der Waals surface area contributed by atoms with E-state index < -0.39 is 6.04 Å². The number of hydrogen-bond donors (Lipinski definition) is 1. The van der Waals surface area contributed by atoms with Crippen molar-refractivity contribution in [2.45, 2.75) is 6.04 Å². The molecule has 1 aromatic heterocycles. The zero-order valence-electron chi connectivity index (χ0n) is 15.2. The Morgan fingerprint density at radius 2 is 1.61 bits per heavy atom. The smallest absolute Gasteiger partial charge is 0.247 e. The molecule has 0 aliphatic carbocycles. The second-order valence-corrected chi connectivity index (χ2v) is 6.17. The summed E-state index contributed by atoms with van der Waals surface area (Å²) in [6, 6.07) is 22.8. The molecule has 4 rings (SSSR count). The lowest BCUT2D eigenvalue weighted by Crippen LogP contribution is -2.13. The number of halogens is 1. The van der Waals surface area contributed by atoms with Gasteiger partial charge < -0.3 is 14.5 Å². The zero-order chi connectivity index (χ0) is 19.3. The third-order valence-corrected chi connectivity index (χ3v) is 4.31. The highest BCUT2D eigenvalue weighted by Gasteiger charge is 2.21. The van der Waals surface area contributed by atoms with Gasteiger partial charge in [0, 0.05) is 11.3 Å². The Balaban J connectivity index is 1.68. The van der Waals surface area contributed by atoms with Gasteiger partial charge in [0.05, 0.1) is 7.11 Å². The average Bonchev–Trinajstić information content (AvgIpc) is 3.24. The summed E-state index contributed by atoms with van der Waals surface area (Å²) in [5.74, 6) is 1.27. The van der Waals surface area contributed by atoms with Gasteiger partial charge in [0.2, 0.25) is 11.8 Å². The van der Waals surface area contributed by atoms with E-state index in [1.807, 2.05) is 54.6 Å².